The van der Waals surface area contributed by atoms with Crippen LogP contribution >= 0.6 is 0 Å². The number of carbonyl (C=O) groups is 1. The van der Waals surface area contributed by atoms with Gasteiger partial charge in [0.15, 0.2) is 6.61 Å². The molecule has 0 saturated carbocycles. The number of rotatable bonds is 6. The van der Waals surface area contributed by atoms with Gasteiger partial charge in [0, 0.05) is 0 Å². The van der Waals surface area contributed by atoms with Gasteiger partial charge in [-0.1, -0.05) is 23.8 Å². The zero-order chi connectivity index (χ0) is 16.7. The number of hydrazone groups is 1. The molecule has 23 heavy (non-hydrogen) atoms. The van der Waals surface area contributed by atoms with Gasteiger partial charge in [0.25, 0.3) is 5.91 Å². The van der Waals surface area contributed by atoms with Crippen LogP contribution in [0.25, 0.3) is 0 Å². The molecule has 1 N–H and O–H groups in total. The summed E-state index contributed by atoms with van der Waals surface area (Å²) in [5, 5.41) is 3.96. The molecule has 0 aliphatic rings. The minimum atomic E-state index is -0.317. The Balaban J connectivity index is 1.82. The highest BCUT2D eigenvalue weighted by Gasteiger charge is 2.02. The van der Waals surface area contributed by atoms with Crippen LogP contribution in [0.5, 0.6) is 11.5 Å². The third-order valence-electron chi connectivity index (χ3n) is 3.26. The molecule has 0 heterocycles. The van der Waals surface area contributed by atoms with Crippen molar-refractivity contribution in [1.82, 2.24) is 5.43 Å². The summed E-state index contributed by atoms with van der Waals surface area (Å²) in [7, 11) is 1.59. The second-order valence-corrected chi connectivity index (χ2v) is 5.12. The molecule has 1 amide bonds. The lowest BCUT2D eigenvalue weighted by atomic mass is 10.1. The highest BCUT2D eigenvalue weighted by Crippen LogP contribution is 2.16. The Hall–Kier alpha value is -2.82. The number of ether oxygens (including phenoxy) is 2. The second-order valence-electron chi connectivity index (χ2n) is 5.12. The summed E-state index contributed by atoms with van der Waals surface area (Å²) < 4.78 is 10.4. The normalized spacial score (nSPS) is 10.6. The molecule has 0 aliphatic heterocycles. The van der Waals surface area contributed by atoms with Gasteiger partial charge in [-0.3, -0.25) is 4.79 Å². The zero-order valence-corrected chi connectivity index (χ0v) is 13.5. The summed E-state index contributed by atoms with van der Waals surface area (Å²) in [4.78, 5) is 11.7. The largest absolute Gasteiger partial charge is 0.497 e. The Labute approximate surface area is 135 Å². The molecule has 0 aliphatic carbocycles. The molecular formula is C18H20N2O3. The minimum Gasteiger partial charge on any atom is -0.497 e. The van der Waals surface area contributed by atoms with Gasteiger partial charge in [-0.25, -0.2) is 5.43 Å². The van der Waals surface area contributed by atoms with Crippen molar-refractivity contribution in [2.75, 3.05) is 13.7 Å². The maximum absolute atomic E-state index is 11.7. The summed E-state index contributed by atoms with van der Waals surface area (Å²) in [5.74, 6) is 1.02. The summed E-state index contributed by atoms with van der Waals surface area (Å²) in [6, 6.07) is 13.1. The number of carbonyl (C=O) groups excluding carboxylic acids is 1. The molecule has 2 rings (SSSR count). The van der Waals surface area contributed by atoms with Crippen molar-refractivity contribution >= 4 is 12.1 Å². The monoisotopic (exact) mass is 312 g/mol. The van der Waals surface area contributed by atoms with Crippen LogP contribution in [0.3, 0.4) is 0 Å². The quantitative estimate of drug-likeness (QED) is 0.659. The van der Waals surface area contributed by atoms with Gasteiger partial charge >= 0.3 is 0 Å². The fourth-order valence-corrected chi connectivity index (χ4v) is 1.93. The van der Waals surface area contributed by atoms with Crippen molar-refractivity contribution in [3.05, 3.63) is 59.2 Å². The molecule has 2 aromatic carbocycles. The van der Waals surface area contributed by atoms with Crippen LogP contribution in [-0.4, -0.2) is 25.8 Å². The number of amides is 1. The molecule has 0 bridgehead atoms. The number of methoxy groups -OCH3 is 1. The van der Waals surface area contributed by atoms with E-state index in [4.69, 9.17) is 9.47 Å². The molecule has 0 unspecified atom stereocenters. The van der Waals surface area contributed by atoms with Crippen molar-refractivity contribution < 1.29 is 14.3 Å². The van der Waals surface area contributed by atoms with E-state index >= 15 is 0 Å². The standard InChI is InChI=1S/C18H20N2O3/c1-13-4-5-14(2)15(10-13)11-19-20-18(21)12-23-17-8-6-16(22-3)7-9-17/h4-11H,12H2,1-3H3,(H,20,21)/b19-11-. The van der Waals surface area contributed by atoms with Gasteiger partial charge in [0.05, 0.1) is 13.3 Å². The van der Waals surface area contributed by atoms with Crippen molar-refractivity contribution in [2.45, 2.75) is 13.8 Å². The van der Waals surface area contributed by atoms with Crippen LogP contribution in [0.1, 0.15) is 16.7 Å². The Kier molecular flexibility index (Phi) is 5.74. The Morgan fingerprint density at radius 2 is 1.83 bits per heavy atom. The first-order valence-corrected chi connectivity index (χ1v) is 7.24. The van der Waals surface area contributed by atoms with Crippen LogP contribution in [0.2, 0.25) is 0 Å². The topological polar surface area (TPSA) is 59.9 Å². The molecule has 120 valence electrons. The predicted molar refractivity (Wildman–Crippen MR) is 90.1 cm³/mol. The van der Waals surface area contributed by atoms with Gasteiger partial charge < -0.3 is 9.47 Å². The van der Waals surface area contributed by atoms with E-state index in [1.807, 2.05) is 32.0 Å². The van der Waals surface area contributed by atoms with E-state index in [0.29, 0.717) is 5.75 Å². The molecule has 5 nitrogen and oxygen atoms in total. The van der Waals surface area contributed by atoms with Gasteiger partial charge in [-0.2, -0.15) is 5.10 Å². The molecule has 0 aromatic heterocycles. The third-order valence-corrected chi connectivity index (χ3v) is 3.26. The van der Waals surface area contributed by atoms with Gasteiger partial charge in [0.1, 0.15) is 11.5 Å². The fraction of sp³-hybridized carbons (Fsp3) is 0.222. The van der Waals surface area contributed by atoms with Crippen molar-refractivity contribution in [1.29, 1.82) is 0 Å². The van der Waals surface area contributed by atoms with Crippen LogP contribution in [0.4, 0.5) is 0 Å². The van der Waals surface area contributed by atoms with Crippen molar-refractivity contribution in [2.24, 2.45) is 5.10 Å². The Bertz CT molecular complexity index is 694. The van der Waals surface area contributed by atoms with Crippen LogP contribution in [0, 0.1) is 13.8 Å². The molecule has 0 spiro atoms. The van der Waals surface area contributed by atoms with E-state index in [1.165, 1.54) is 0 Å². The third kappa shape index (κ3) is 5.14. The molecule has 0 saturated heterocycles. The van der Waals surface area contributed by atoms with E-state index in [0.717, 1.165) is 22.4 Å². The van der Waals surface area contributed by atoms with Crippen LogP contribution < -0.4 is 14.9 Å². The van der Waals surface area contributed by atoms with Gasteiger partial charge in [-0.15, -0.1) is 0 Å². The van der Waals surface area contributed by atoms with Crippen molar-refractivity contribution in [3.8, 4) is 11.5 Å². The second kappa shape index (κ2) is 7.98. The van der Waals surface area contributed by atoms with E-state index in [-0.39, 0.29) is 12.5 Å². The maximum Gasteiger partial charge on any atom is 0.277 e. The number of aryl methyl sites for hydroxylation is 2. The minimum absolute atomic E-state index is 0.101. The maximum atomic E-state index is 11.7. The average molecular weight is 312 g/mol. The summed E-state index contributed by atoms with van der Waals surface area (Å²) >= 11 is 0. The number of benzene rings is 2. The fourth-order valence-electron chi connectivity index (χ4n) is 1.93. The van der Waals surface area contributed by atoms with Crippen LogP contribution in [0.15, 0.2) is 47.6 Å². The predicted octanol–water partition coefficient (Wildman–Crippen LogP) is 2.84. The summed E-state index contributed by atoms with van der Waals surface area (Å²) in [6.07, 6.45) is 1.63. The summed E-state index contributed by atoms with van der Waals surface area (Å²) in [5.41, 5.74) is 5.67. The summed E-state index contributed by atoms with van der Waals surface area (Å²) in [6.45, 7) is 3.91. The first-order chi connectivity index (χ1) is 11.1. The van der Waals surface area contributed by atoms with Gasteiger partial charge in [-0.05, 0) is 49.2 Å². The first-order valence-electron chi connectivity index (χ1n) is 7.24. The van der Waals surface area contributed by atoms with Crippen LogP contribution in [-0.2, 0) is 4.79 Å². The first kappa shape index (κ1) is 16.5. The smallest absolute Gasteiger partial charge is 0.277 e. The van der Waals surface area contributed by atoms with E-state index < -0.39 is 0 Å². The molecule has 2 aromatic rings. The zero-order valence-electron chi connectivity index (χ0n) is 13.5. The molecule has 5 heteroatoms. The molecule has 0 radical (unpaired) electrons. The SMILES string of the molecule is COc1ccc(OCC(=O)N/N=C\c2cc(C)ccc2C)cc1. The highest BCUT2D eigenvalue weighted by molar-refractivity contribution is 5.84. The Morgan fingerprint density at radius 1 is 1.13 bits per heavy atom. The Morgan fingerprint density at radius 3 is 2.52 bits per heavy atom. The number of nitrogens with one attached hydrogen (secondary N) is 1. The van der Waals surface area contributed by atoms with Crippen molar-refractivity contribution in [3.63, 3.8) is 0 Å². The average Bonchev–Trinajstić information content (AvgIpc) is 2.56. The lowest BCUT2D eigenvalue weighted by molar-refractivity contribution is -0.123. The number of hydrogen-bond donors (Lipinski definition) is 1. The highest BCUT2D eigenvalue weighted by atomic mass is 16.5. The number of nitrogens with zero attached hydrogens (tertiary/aromatic N) is 1. The molecular weight excluding hydrogens is 292 g/mol. The molecule has 0 atom stereocenters. The molecule has 0 fully saturated rings. The van der Waals surface area contributed by atoms with Gasteiger partial charge in [0.2, 0.25) is 0 Å². The van der Waals surface area contributed by atoms with E-state index in [9.17, 15) is 4.79 Å². The lowest BCUT2D eigenvalue weighted by Gasteiger charge is -2.06. The van der Waals surface area contributed by atoms with E-state index in [2.05, 4.69) is 10.5 Å². The number of hydrogen-bond acceptors (Lipinski definition) is 4. The van der Waals surface area contributed by atoms with E-state index in [1.54, 1.807) is 37.6 Å². The lowest BCUT2D eigenvalue weighted by Crippen LogP contribution is -2.24.